The van der Waals surface area contributed by atoms with Crippen molar-refractivity contribution in [3.63, 3.8) is 0 Å². The van der Waals surface area contributed by atoms with E-state index in [0.717, 1.165) is 24.2 Å². The molecule has 0 saturated carbocycles. The van der Waals surface area contributed by atoms with E-state index in [1.807, 2.05) is 26.0 Å². The Morgan fingerprint density at radius 3 is 2.33 bits per heavy atom. The van der Waals surface area contributed by atoms with Gasteiger partial charge in [0.05, 0.1) is 5.56 Å². The Morgan fingerprint density at radius 1 is 1.13 bits per heavy atom. The first-order valence-electron chi connectivity index (χ1n) is 13.2. The van der Waals surface area contributed by atoms with Gasteiger partial charge in [0.25, 0.3) is 5.91 Å². The number of carbonyl (C=O) groups excluding carboxylic acids is 3. The first-order chi connectivity index (χ1) is 18.0. The van der Waals surface area contributed by atoms with Gasteiger partial charge in [0.1, 0.15) is 22.8 Å². The van der Waals surface area contributed by atoms with Crippen molar-refractivity contribution in [2.75, 3.05) is 32.6 Å². The predicted octanol–water partition coefficient (Wildman–Crippen LogP) is 2.51. The molecule has 0 aliphatic heterocycles. The number of aliphatic hydroxyl groups is 3. The molecule has 0 heterocycles. The third-order valence-corrected chi connectivity index (χ3v) is 8.24. The molecule has 6 N–H and O–H groups in total. The Morgan fingerprint density at radius 2 is 1.77 bits per heavy atom. The molecule has 10 nitrogen and oxygen atoms in total. The molecule has 0 bridgehead atoms. The monoisotopic (exact) mass is 541 g/mol. The number of amides is 1. The molecule has 1 amide bonds. The highest BCUT2D eigenvalue weighted by molar-refractivity contribution is 6.24. The van der Waals surface area contributed by atoms with Crippen LogP contribution in [-0.4, -0.2) is 76.1 Å². The summed E-state index contributed by atoms with van der Waals surface area (Å²) >= 11 is 0. The van der Waals surface area contributed by atoms with Gasteiger partial charge in [0, 0.05) is 44.2 Å². The number of rotatable bonds is 6. The molecule has 212 valence electrons. The van der Waals surface area contributed by atoms with E-state index in [9.17, 15) is 34.8 Å². The van der Waals surface area contributed by atoms with Crippen molar-refractivity contribution in [3.05, 3.63) is 45.4 Å². The molecule has 3 aliphatic carbocycles. The quantitative estimate of drug-likeness (QED) is 0.340. The van der Waals surface area contributed by atoms with Crippen LogP contribution in [-0.2, 0) is 22.6 Å². The first kappa shape index (κ1) is 28.6. The van der Waals surface area contributed by atoms with Crippen LogP contribution in [0.2, 0.25) is 0 Å². The lowest BCUT2D eigenvalue weighted by atomic mass is 9.60. The van der Waals surface area contributed by atoms with E-state index >= 15 is 0 Å². The van der Waals surface area contributed by atoms with Crippen molar-refractivity contribution in [1.29, 1.82) is 0 Å². The van der Waals surface area contributed by atoms with Crippen LogP contribution in [0.1, 0.15) is 61.5 Å². The molecule has 1 unspecified atom stereocenters. The van der Waals surface area contributed by atoms with Gasteiger partial charge in [0.2, 0.25) is 5.78 Å². The zero-order valence-electron chi connectivity index (χ0n) is 23.5. The first-order valence-corrected chi connectivity index (χ1v) is 13.2. The van der Waals surface area contributed by atoms with E-state index in [-0.39, 0.29) is 41.6 Å². The van der Waals surface area contributed by atoms with Gasteiger partial charge in [0.15, 0.2) is 11.4 Å². The summed E-state index contributed by atoms with van der Waals surface area (Å²) in [6.07, 6.45) is 1.11. The second kappa shape index (κ2) is 9.67. The van der Waals surface area contributed by atoms with Crippen molar-refractivity contribution >= 4 is 23.2 Å². The number of Topliss-reactive ketones (excluding diaryl/α,β-unsaturated/α-hetero) is 2. The van der Waals surface area contributed by atoms with Crippen molar-refractivity contribution in [1.82, 2.24) is 4.90 Å². The Balaban J connectivity index is 1.80. The fraction of sp³-hybridized carbons (Fsp3) is 0.552. The minimum Gasteiger partial charge on any atom is -0.511 e. The number of carbonyl (C=O) groups is 3. The number of anilines is 1. The number of phenols is 1. The molecule has 3 atom stereocenters. The van der Waals surface area contributed by atoms with Gasteiger partial charge in [-0.25, -0.2) is 0 Å². The maximum atomic E-state index is 13.8. The lowest BCUT2D eigenvalue weighted by Gasteiger charge is -2.46. The molecule has 3 aliphatic rings. The van der Waals surface area contributed by atoms with E-state index in [2.05, 4.69) is 25.7 Å². The lowest BCUT2D eigenvalue weighted by molar-refractivity contribution is -0.144. The fourth-order valence-corrected chi connectivity index (χ4v) is 6.32. The molecule has 0 aromatic heterocycles. The smallest absolute Gasteiger partial charge is 0.255 e. The van der Waals surface area contributed by atoms with E-state index in [0.29, 0.717) is 12.1 Å². The normalized spacial score (nSPS) is 25.0. The summed E-state index contributed by atoms with van der Waals surface area (Å²) in [6, 6.07) is 1.57. The van der Waals surface area contributed by atoms with Gasteiger partial charge in [-0.1, -0.05) is 20.8 Å². The average Bonchev–Trinajstić information content (AvgIpc) is 2.79. The van der Waals surface area contributed by atoms with Crippen molar-refractivity contribution < 1.29 is 34.8 Å². The Labute approximate surface area is 228 Å². The fourth-order valence-electron chi connectivity index (χ4n) is 6.32. The maximum absolute atomic E-state index is 13.8. The van der Waals surface area contributed by atoms with E-state index in [4.69, 9.17) is 5.73 Å². The summed E-state index contributed by atoms with van der Waals surface area (Å²) in [5.74, 6) is -6.27. The molecule has 39 heavy (non-hydrogen) atoms. The zero-order valence-corrected chi connectivity index (χ0v) is 23.5. The largest absolute Gasteiger partial charge is 0.511 e. The predicted molar refractivity (Wildman–Crippen MR) is 146 cm³/mol. The summed E-state index contributed by atoms with van der Waals surface area (Å²) in [4.78, 5) is 42.8. The van der Waals surface area contributed by atoms with Crippen LogP contribution >= 0.6 is 0 Å². The number of phenolic OH excluding ortho intramolecular Hbond substituents is 1. The molecule has 1 aromatic rings. The van der Waals surface area contributed by atoms with Crippen molar-refractivity contribution in [2.45, 2.75) is 58.6 Å². The number of hydrogen-bond donors (Lipinski definition) is 5. The van der Waals surface area contributed by atoms with E-state index < -0.39 is 52.0 Å². The number of aromatic hydroxyl groups is 1. The number of ketones is 2. The third kappa shape index (κ3) is 4.69. The molecular formula is C29H39N3O7. The van der Waals surface area contributed by atoms with Gasteiger partial charge in [-0.05, 0) is 61.4 Å². The number of primary amides is 1. The van der Waals surface area contributed by atoms with E-state index in [1.54, 1.807) is 6.07 Å². The molecule has 0 radical (unpaired) electrons. The molecule has 0 saturated heterocycles. The van der Waals surface area contributed by atoms with Crippen LogP contribution in [0.3, 0.4) is 0 Å². The minimum atomic E-state index is -2.56. The van der Waals surface area contributed by atoms with Gasteiger partial charge in [-0.2, -0.15) is 0 Å². The van der Waals surface area contributed by atoms with Crippen LogP contribution in [0.4, 0.5) is 5.69 Å². The minimum absolute atomic E-state index is 0.0245. The number of nitrogens with zero attached hydrogens (tertiary/aromatic N) is 2. The summed E-state index contributed by atoms with van der Waals surface area (Å²) < 4.78 is 0. The van der Waals surface area contributed by atoms with Gasteiger partial charge in [-0.3, -0.25) is 14.4 Å². The Hall–Kier alpha value is -3.37. The Kier molecular flexibility index (Phi) is 7.10. The van der Waals surface area contributed by atoms with E-state index in [1.165, 1.54) is 0 Å². The van der Waals surface area contributed by atoms with Crippen LogP contribution in [0.5, 0.6) is 5.75 Å². The topological polar surface area (TPSA) is 165 Å². The second-order valence-corrected chi connectivity index (χ2v) is 12.6. The van der Waals surface area contributed by atoms with Gasteiger partial charge in [-0.15, -0.1) is 0 Å². The van der Waals surface area contributed by atoms with Crippen LogP contribution < -0.4 is 10.6 Å². The van der Waals surface area contributed by atoms with Crippen molar-refractivity contribution in [3.8, 4) is 5.75 Å². The van der Waals surface area contributed by atoms with Crippen LogP contribution in [0.25, 0.3) is 0 Å². The second-order valence-electron chi connectivity index (χ2n) is 12.6. The lowest BCUT2D eigenvalue weighted by Crippen LogP contribution is -2.57. The molecule has 0 fully saturated rings. The molecule has 0 spiro atoms. The molecule has 4 rings (SSSR count). The van der Waals surface area contributed by atoms with Crippen LogP contribution in [0, 0.1) is 17.3 Å². The standard InChI is InChI=1S/C29H39N3O7/c1-28(2,3)7-8-32(6)13-15-11-18(33)21-17(23(15)31(4)5)10-14-9-16-12-19(34)22(27(30)38)26(37)29(16,39)25(36)20(14)24(21)35/h11,14,16,33-34,36,39H,7-10,12-13H2,1-6H3,(H2,30,38)/t14?,16-,29-/m0/s1. The number of benzene rings is 1. The number of aliphatic hydroxyl groups excluding tert-OH is 2. The van der Waals surface area contributed by atoms with Crippen molar-refractivity contribution in [2.24, 2.45) is 23.0 Å². The summed E-state index contributed by atoms with van der Waals surface area (Å²) in [5.41, 5.74) is 4.24. The SMILES string of the molecule is CN(CCC(C)(C)C)Cc1cc(O)c2c(c1N(C)C)CC1C[C@H]3CC(O)=C(C(N)=O)C(=O)[C@@]3(O)C(O)=C1C2=O. The highest BCUT2D eigenvalue weighted by Crippen LogP contribution is 2.52. The average molecular weight is 542 g/mol. The number of fused-ring (bicyclic) bond motifs is 3. The highest BCUT2D eigenvalue weighted by atomic mass is 16.3. The summed E-state index contributed by atoms with van der Waals surface area (Å²) in [7, 11) is 5.74. The number of nitrogens with two attached hydrogens (primary N) is 1. The molecule has 10 heteroatoms. The maximum Gasteiger partial charge on any atom is 0.255 e. The molecule has 1 aromatic carbocycles. The molecular weight excluding hydrogens is 502 g/mol. The highest BCUT2D eigenvalue weighted by Gasteiger charge is 2.59. The summed E-state index contributed by atoms with van der Waals surface area (Å²) in [6.45, 7) is 7.92. The summed E-state index contributed by atoms with van der Waals surface area (Å²) in [5, 5.41) is 44.0. The van der Waals surface area contributed by atoms with Crippen LogP contribution in [0.15, 0.2) is 28.7 Å². The van der Waals surface area contributed by atoms with Gasteiger partial charge < -0.3 is 36.0 Å². The van der Waals surface area contributed by atoms with Gasteiger partial charge >= 0.3 is 0 Å². The number of hydrogen-bond acceptors (Lipinski definition) is 9. The third-order valence-electron chi connectivity index (χ3n) is 8.24. The number of allylic oxidation sites excluding steroid dienone is 2. The Bertz CT molecular complexity index is 1320. The zero-order chi connectivity index (χ0) is 29.2.